The molecule has 1 N–H and O–H groups in total. The highest BCUT2D eigenvalue weighted by atomic mass is 79.9. The Bertz CT molecular complexity index is 1100. The Kier molecular flexibility index (Phi) is 7.02. The van der Waals surface area contributed by atoms with Crippen LogP contribution in [0.4, 0.5) is 0 Å². The van der Waals surface area contributed by atoms with Crippen LogP contribution in [-0.2, 0) is 18.0 Å². The average molecular weight is 486 g/mol. The summed E-state index contributed by atoms with van der Waals surface area (Å²) in [6.07, 6.45) is 3.34. The van der Waals surface area contributed by atoms with Crippen LogP contribution in [0.2, 0.25) is 25.7 Å². The van der Waals surface area contributed by atoms with Crippen molar-refractivity contribution in [1.29, 1.82) is 5.26 Å². The molecule has 0 unspecified atom stereocenters. The van der Waals surface area contributed by atoms with Crippen molar-refractivity contribution in [1.82, 2.24) is 19.9 Å². The van der Waals surface area contributed by atoms with Crippen molar-refractivity contribution in [2.45, 2.75) is 39.0 Å². The maximum atomic E-state index is 12.9. The molecule has 0 atom stereocenters. The van der Waals surface area contributed by atoms with Crippen molar-refractivity contribution < 1.29 is 9.53 Å². The molecule has 3 aromatic rings. The maximum Gasteiger partial charge on any atom is 0.255 e. The molecule has 0 spiro atoms. The third-order valence-electron chi connectivity index (χ3n) is 4.52. The number of fused-ring (bicyclic) bond motifs is 1. The molecule has 7 nitrogen and oxygen atoms in total. The number of nitrogens with one attached hydrogen (secondary N) is 1. The number of rotatable bonds is 8. The second-order valence-corrected chi connectivity index (χ2v) is 14.7. The first kappa shape index (κ1) is 22.1. The van der Waals surface area contributed by atoms with Crippen molar-refractivity contribution in [3.63, 3.8) is 0 Å². The van der Waals surface area contributed by atoms with Crippen LogP contribution in [0.1, 0.15) is 21.5 Å². The molecule has 1 aromatic carbocycles. The normalized spacial score (nSPS) is 11.4. The van der Waals surface area contributed by atoms with Gasteiger partial charge in [-0.25, -0.2) is 9.97 Å². The Morgan fingerprint density at radius 2 is 2.17 bits per heavy atom. The highest BCUT2D eigenvalue weighted by Crippen LogP contribution is 2.20. The molecular weight excluding hydrogens is 462 g/mol. The summed E-state index contributed by atoms with van der Waals surface area (Å²) in [7, 11) is -1.17. The third-order valence-corrected chi connectivity index (χ3v) is 6.60. The van der Waals surface area contributed by atoms with Crippen LogP contribution in [-0.4, -0.2) is 35.1 Å². The molecule has 0 aliphatic carbocycles. The highest BCUT2D eigenvalue weighted by molar-refractivity contribution is 9.10. The van der Waals surface area contributed by atoms with Crippen molar-refractivity contribution in [2.24, 2.45) is 0 Å². The van der Waals surface area contributed by atoms with Gasteiger partial charge < -0.3 is 14.6 Å². The first-order valence-corrected chi connectivity index (χ1v) is 14.1. The van der Waals surface area contributed by atoms with E-state index in [1.807, 2.05) is 10.6 Å². The lowest BCUT2D eigenvalue weighted by Gasteiger charge is -2.15. The van der Waals surface area contributed by atoms with Crippen molar-refractivity contribution >= 4 is 41.1 Å². The van der Waals surface area contributed by atoms with Crippen molar-refractivity contribution in [3.8, 4) is 6.07 Å². The van der Waals surface area contributed by atoms with Gasteiger partial charge in [0.2, 0.25) is 0 Å². The van der Waals surface area contributed by atoms with Crippen LogP contribution >= 0.6 is 15.9 Å². The van der Waals surface area contributed by atoms with Gasteiger partial charge in [0, 0.05) is 27.4 Å². The smallest absolute Gasteiger partial charge is 0.255 e. The monoisotopic (exact) mass is 485 g/mol. The lowest BCUT2D eigenvalue weighted by atomic mass is 10.1. The quantitative estimate of drug-likeness (QED) is 0.379. The van der Waals surface area contributed by atoms with Crippen molar-refractivity contribution in [2.75, 3.05) is 6.61 Å². The Balaban J connectivity index is 1.76. The van der Waals surface area contributed by atoms with Gasteiger partial charge in [0.1, 0.15) is 16.9 Å². The van der Waals surface area contributed by atoms with E-state index in [0.717, 1.165) is 11.6 Å². The minimum absolute atomic E-state index is 0.254. The molecule has 0 saturated heterocycles. The summed E-state index contributed by atoms with van der Waals surface area (Å²) in [5, 5.41) is 11.9. The van der Waals surface area contributed by atoms with Crippen LogP contribution in [0.15, 0.2) is 41.3 Å². The van der Waals surface area contributed by atoms with E-state index in [-0.39, 0.29) is 5.91 Å². The largest absolute Gasteiger partial charge is 0.361 e. The zero-order chi connectivity index (χ0) is 21.7. The summed E-state index contributed by atoms with van der Waals surface area (Å²) in [5.41, 5.74) is 2.96. The molecule has 0 saturated carbocycles. The lowest BCUT2D eigenvalue weighted by molar-refractivity contribution is 0.0891. The molecule has 0 aliphatic heterocycles. The second-order valence-electron chi connectivity index (χ2n) is 8.22. The number of carbonyl (C=O) groups excluding carboxylic acids is 1. The molecule has 1 amide bonds. The summed E-state index contributed by atoms with van der Waals surface area (Å²) < 4.78 is 8.21. The van der Waals surface area contributed by atoms with E-state index in [1.165, 1.54) is 0 Å². The van der Waals surface area contributed by atoms with Crippen LogP contribution in [0, 0.1) is 11.3 Å². The van der Waals surface area contributed by atoms with Gasteiger partial charge in [0.05, 0.1) is 23.4 Å². The fourth-order valence-corrected chi connectivity index (χ4v) is 3.90. The average Bonchev–Trinajstić information content (AvgIpc) is 3.06. The number of hydrogen-bond acceptors (Lipinski definition) is 5. The summed E-state index contributed by atoms with van der Waals surface area (Å²) in [6.45, 7) is 8.22. The third kappa shape index (κ3) is 5.75. The summed E-state index contributed by atoms with van der Waals surface area (Å²) in [4.78, 5) is 21.7. The number of nitrogens with zero attached hydrogens (tertiary/aromatic N) is 4. The SMILES string of the molecule is C[Si](C)(C)CCOCn1cc(C(=O)NCc2cccc(C#N)c2)c2nc(Br)cnc21. The fraction of sp³-hybridized carbons (Fsp3) is 0.333. The van der Waals surface area contributed by atoms with Gasteiger partial charge in [0.15, 0.2) is 5.65 Å². The van der Waals surface area contributed by atoms with Gasteiger partial charge in [-0.3, -0.25) is 4.79 Å². The van der Waals surface area contributed by atoms with Crippen LogP contribution in [0.5, 0.6) is 0 Å². The summed E-state index contributed by atoms with van der Waals surface area (Å²) in [6, 6.07) is 10.3. The summed E-state index contributed by atoms with van der Waals surface area (Å²) in [5.74, 6) is -0.254. The van der Waals surface area contributed by atoms with Gasteiger partial charge in [-0.1, -0.05) is 31.8 Å². The molecule has 156 valence electrons. The molecule has 0 aliphatic rings. The van der Waals surface area contributed by atoms with Crippen LogP contribution in [0.25, 0.3) is 11.2 Å². The molecule has 2 heterocycles. The topological polar surface area (TPSA) is 92.8 Å². The number of nitriles is 1. The van der Waals surface area contributed by atoms with Gasteiger partial charge in [-0.2, -0.15) is 5.26 Å². The summed E-state index contributed by atoms with van der Waals surface area (Å²) >= 11 is 3.33. The van der Waals surface area contributed by atoms with E-state index < -0.39 is 8.07 Å². The number of aromatic nitrogens is 3. The molecule has 9 heteroatoms. The highest BCUT2D eigenvalue weighted by Gasteiger charge is 2.18. The zero-order valence-electron chi connectivity index (χ0n) is 17.3. The predicted octanol–water partition coefficient (Wildman–Crippen LogP) is 4.31. The second kappa shape index (κ2) is 9.51. The zero-order valence-corrected chi connectivity index (χ0v) is 19.9. The Morgan fingerprint density at radius 1 is 1.37 bits per heavy atom. The molecule has 0 fully saturated rings. The van der Waals surface area contributed by atoms with E-state index >= 15 is 0 Å². The van der Waals surface area contributed by atoms with Gasteiger partial charge in [-0.15, -0.1) is 0 Å². The number of ether oxygens (including phenoxy) is 1. The van der Waals surface area contributed by atoms with Crippen LogP contribution < -0.4 is 5.32 Å². The number of benzene rings is 1. The number of hydrogen-bond donors (Lipinski definition) is 1. The standard InChI is InChI=1S/C21H24BrN5O2Si/c1-30(2,3)8-7-29-14-27-13-17(19-20(27)24-12-18(22)26-19)21(28)25-11-16-6-4-5-15(9-16)10-23/h4-6,9,12-13H,7-8,11,14H2,1-3H3,(H,25,28). The Hall–Kier alpha value is -2.54. The van der Waals surface area contributed by atoms with Gasteiger partial charge in [-0.05, 0) is 39.7 Å². The molecule has 3 rings (SSSR count). The minimum atomic E-state index is -1.17. The van der Waals surface area contributed by atoms with Crippen molar-refractivity contribution in [3.05, 3.63) is 58.0 Å². The fourth-order valence-electron chi connectivity index (χ4n) is 2.86. The number of carbonyl (C=O) groups is 1. The maximum absolute atomic E-state index is 12.9. The molecule has 30 heavy (non-hydrogen) atoms. The number of halogens is 1. The lowest BCUT2D eigenvalue weighted by Crippen LogP contribution is -2.23. The van der Waals surface area contributed by atoms with Gasteiger partial charge >= 0.3 is 0 Å². The van der Waals surface area contributed by atoms with E-state index in [1.54, 1.807) is 30.6 Å². The molecule has 0 bridgehead atoms. The number of amides is 1. The molecular formula is C21H24BrN5O2Si. The van der Waals surface area contributed by atoms with Gasteiger partial charge in [0.25, 0.3) is 5.91 Å². The first-order valence-electron chi connectivity index (χ1n) is 9.63. The minimum Gasteiger partial charge on any atom is -0.361 e. The van der Waals surface area contributed by atoms with E-state index in [2.05, 4.69) is 56.9 Å². The Morgan fingerprint density at radius 3 is 2.90 bits per heavy atom. The Labute approximate surface area is 185 Å². The van der Waals surface area contributed by atoms with Crippen LogP contribution in [0.3, 0.4) is 0 Å². The van der Waals surface area contributed by atoms with E-state index in [4.69, 9.17) is 10.00 Å². The molecule has 2 aromatic heterocycles. The first-order chi connectivity index (χ1) is 14.3. The predicted molar refractivity (Wildman–Crippen MR) is 122 cm³/mol. The molecule has 0 radical (unpaired) electrons. The van der Waals surface area contributed by atoms with E-state index in [9.17, 15) is 4.79 Å². The van der Waals surface area contributed by atoms with E-state index in [0.29, 0.717) is 46.8 Å².